The number of hydrogen-bond donors (Lipinski definition) is 1. The average molecular weight is 208 g/mol. The van der Waals surface area contributed by atoms with Gasteiger partial charge in [-0.1, -0.05) is 48.5 Å². The first-order valence-electron chi connectivity index (χ1n) is 4.67. The molecule has 0 unspecified atom stereocenters. The Balaban J connectivity index is 0.00000112. The Kier molecular flexibility index (Phi) is 5.05. The summed E-state index contributed by atoms with van der Waals surface area (Å²) in [4.78, 5) is 1.07. The monoisotopic (exact) mass is 208 g/mol. The van der Waals surface area contributed by atoms with Gasteiger partial charge in [0.25, 0.3) is 0 Å². The molecule has 0 fully saturated rings. The molecule has 0 saturated carbocycles. The summed E-state index contributed by atoms with van der Waals surface area (Å²) in [7, 11) is 0. The van der Waals surface area contributed by atoms with E-state index in [9.17, 15) is 0 Å². The summed E-state index contributed by atoms with van der Waals surface area (Å²) in [5.74, 6) is 0. The van der Waals surface area contributed by atoms with Crippen LogP contribution in [0.4, 0.5) is 0 Å². The fourth-order valence-electron chi connectivity index (χ4n) is 1.48. The molecule has 0 spiro atoms. The second kappa shape index (κ2) is 6.08. The van der Waals surface area contributed by atoms with Gasteiger partial charge in [0.15, 0.2) is 0 Å². The van der Waals surface area contributed by atoms with E-state index in [0.29, 0.717) is 0 Å². The Morgan fingerprint density at radius 2 is 1.40 bits per heavy atom. The van der Waals surface area contributed by atoms with Crippen molar-refractivity contribution in [2.75, 3.05) is 0 Å². The molecule has 2 aromatic rings. The fourth-order valence-corrected chi connectivity index (χ4v) is 1.72. The van der Waals surface area contributed by atoms with Crippen LogP contribution in [-0.2, 0) is 6.42 Å². The van der Waals surface area contributed by atoms with Crippen LogP contribution in [-0.4, -0.2) is 18.9 Å². The third-order valence-corrected chi connectivity index (χ3v) is 2.67. The van der Waals surface area contributed by atoms with Crippen LogP contribution in [0.1, 0.15) is 11.1 Å². The zero-order valence-corrected chi connectivity index (χ0v) is 8.74. The number of hydrogen-bond acceptors (Lipinski definition) is 1. The molecule has 0 nitrogen and oxygen atoms in total. The standard InChI is InChI=1S/C13H12S.Li.H/c14-13-9-5-4-8-12(13)10-11-6-2-1-3-7-11;;/h1-9,14H,10H2;;. The number of thiol groups is 1. The van der Waals surface area contributed by atoms with Crippen LogP contribution in [0.25, 0.3) is 0 Å². The first kappa shape index (κ1) is 12.5. The predicted molar refractivity (Wildman–Crippen MR) is 70.1 cm³/mol. The van der Waals surface area contributed by atoms with Crippen LogP contribution >= 0.6 is 12.6 Å². The van der Waals surface area contributed by atoms with Crippen molar-refractivity contribution in [2.24, 2.45) is 0 Å². The van der Waals surface area contributed by atoms with Gasteiger partial charge in [-0.3, -0.25) is 0 Å². The second-order valence-corrected chi connectivity index (χ2v) is 3.77. The van der Waals surface area contributed by atoms with Crippen LogP contribution in [0.3, 0.4) is 0 Å². The van der Waals surface area contributed by atoms with Crippen molar-refractivity contribution in [1.29, 1.82) is 0 Å². The van der Waals surface area contributed by atoms with Crippen molar-refractivity contribution < 1.29 is 0 Å². The fraction of sp³-hybridized carbons (Fsp3) is 0.0769. The maximum absolute atomic E-state index is 4.43. The zero-order chi connectivity index (χ0) is 9.80. The maximum atomic E-state index is 4.43. The molecule has 0 aliphatic heterocycles. The molecule has 0 N–H and O–H groups in total. The minimum absolute atomic E-state index is 0. The minimum atomic E-state index is 0. The molecule has 0 atom stereocenters. The van der Waals surface area contributed by atoms with Crippen molar-refractivity contribution in [1.82, 2.24) is 0 Å². The molecule has 0 aliphatic carbocycles. The summed E-state index contributed by atoms with van der Waals surface area (Å²) in [6, 6.07) is 18.7. The summed E-state index contributed by atoms with van der Waals surface area (Å²) < 4.78 is 0. The van der Waals surface area contributed by atoms with E-state index in [1.54, 1.807) is 0 Å². The molecular formula is C13H13LiS. The van der Waals surface area contributed by atoms with Gasteiger partial charge in [0.2, 0.25) is 0 Å². The molecule has 0 amide bonds. The van der Waals surface area contributed by atoms with Crippen molar-refractivity contribution >= 4 is 31.5 Å². The molecule has 0 radical (unpaired) electrons. The van der Waals surface area contributed by atoms with E-state index < -0.39 is 0 Å². The van der Waals surface area contributed by atoms with Crippen molar-refractivity contribution in [2.45, 2.75) is 11.3 Å². The molecule has 0 saturated heterocycles. The average Bonchev–Trinajstić information content (AvgIpc) is 2.23. The molecule has 2 aromatic carbocycles. The van der Waals surface area contributed by atoms with Gasteiger partial charge in [-0.25, -0.2) is 0 Å². The molecule has 2 rings (SSSR count). The molecule has 2 heteroatoms. The van der Waals surface area contributed by atoms with Gasteiger partial charge in [-0.15, -0.1) is 12.6 Å². The van der Waals surface area contributed by atoms with Crippen LogP contribution < -0.4 is 0 Å². The summed E-state index contributed by atoms with van der Waals surface area (Å²) in [6.07, 6.45) is 0.959. The second-order valence-electron chi connectivity index (χ2n) is 3.29. The first-order chi connectivity index (χ1) is 6.86. The van der Waals surface area contributed by atoms with E-state index in [4.69, 9.17) is 0 Å². The van der Waals surface area contributed by atoms with Gasteiger partial charge >= 0.3 is 18.9 Å². The third kappa shape index (κ3) is 3.46. The Morgan fingerprint density at radius 1 is 0.800 bits per heavy atom. The Bertz CT molecular complexity index is 412. The SMILES string of the molecule is Sc1ccccc1Cc1ccccc1.[LiH]. The third-order valence-electron chi connectivity index (χ3n) is 2.23. The van der Waals surface area contributed by atoms with Crippen molar-refractivity contribution in [3.05, 3.63) is 65.7 Å². The summed E-state index contributed by atoms with van der Waals surface area (Å²) in [6.45, 7) is 0. The number of benzene rings is 2. The van der Waals surface area contributed by atoms with Gasteiger partial charge in [-0.05, 0) is 23.6 Å². The molecule has 72 valence electrons. The van der Waals surface area contributed by atoms with E-state index in [-0.39, 0.29) is 18.9 Å². The van der Waals surface area contributed by atoms with Gasteiger partial charge in [0, 0.05) is 4.90 Å². The molecule has 15 heavy (non-hydrogen) atoms. The summed E-state index contributed by atoms with van der Waals surface area (Å²) >= 11 is 4.43. The van der Waals surface area contributed by atoms with Crippen LogP contribution in [0.15, 0.2) is 59.5 Å². The normalized spacial score (nSPS) is 9.40. The van der Waals surface area contributed by atoms with Crippen LogP contribution in [0.2, 0.25) is 0 Å². The van der Waals surface area contributed by atoms with Crippen LogP contribution in [0, 0.1) is 0 Å². The Hall–Kier alpha value is -0.613. The van der Waals surface area contributed by atoms with E-state index >= 15 is 0 Å². The van der Waals surface area contributed by atoms with Gasteiger partial charge < -0.3 is 0 Å². The molecule has 0 heterocycles. The first-order valence-corrected chi connectivity index (χ1v) is 5.12. The predicted octanol–water partition coefficient (Wildman–Crippen LogP) is 2.92. The topological polar surface area (TPSA) is 0 Å². The van der Waals surface area contributed by atoms with Crippen molar-refractivity contribution in [3.8, 4) is 0 Å². The summed E-state index contributed by atoms with van der Waals surface area (Å²) in [5.41, 5.74) is 2.61. The molecule has 0 bridgehead atoms. The van der Waals surface area contributed by atoms with Gasteiger partial charge in [0.1, 0.15) is 0 Å². The molecule has 0 aromatic heterocycles. The van der Waals surface area contributed by atoms with E-state index in [0.717, 1.165) is 11.3 Å². The Morgan fingerprint density at radius 3 is 2.07 bits per heavy atom. The van der Waals surface area contributed by atoms with E-state index in [2.05, 4.69) is 49.0 Å². The van der Waals surface area contributed by atoms with Crippen LogP contribution in [0.5, 0.6) is 0 Å². The zero-order valence-electron chi connectivity index (χ0n) is 7.85. The molecule has 0 aliphatic rings. The van der Waals surface area contributed by atoms with Gasteiger partial charge in [-0.2, -0.15) is 0 Å². The van der Waals surface area contributed by atoms with E-state index in [1.165, 1.54) is 11.1 Å². The van der Waals surface area contributed by atoms with E-state index in [1.807, 2.05) is 18.2 Å². The number of rotatable bonds is 2. The Labute approximate surface area is 108 Å². The van der Waals surface area contributed by atoms with Crippen molar-refractivity contribution in [3.63, 3.8) is 0 Å². The summed E-state index contributed by atoms with van der Waals surface area (Å²) in [5, 5.41) is 0. The quantitative estimate of drug-likeness (QED) is 0.569. The van der Waals surface area contributed by atoms with Gasteiger partial charge in [0.05, 0.1) is 0 Å². The molecular weight excluding hydrogens is 195 g/mol.